The van der Waals surface area contributed by atoms with Crippen molar-refractivity contribution in [2.24, 2.45) is 0 Å². The van der Waals surface area contributed by atoms with E-state index in [9.17, 15) is 4.79 Å². The number of hydrogen-bond acceptors (Lipinski definition) is 4. The molecule has 0 aliphatic rings. The maximum atomic E-state index is 12.3. The SMILES string of the molecule is COC(=O)c1c(C)n(-c2ccc(OC)cc2)c2ccc(OC)cc12. The Kier molecular flexibility index (Phi) is 4.16. The molecule has 1 aromatic heterocycles. The molecule has 124 valence electrons. The lowest BCUT2D eigenvalue weighted by Gasteiger charge is -2.10. The van der Waals surface area contributed by atoms with Gasteiger partial charge in [0.05, 0.1) is 32.4 Å². The summed E-state index contributed by atoms with van der Waals surface area (Å²) in [5.41, 5.74) is 3.22. The van der Waals surface area contributed by atoms with Crippen molar-refractivity contribution in [1.82, 2.24) is 4.57 Å². The molecule has 0 amide bonds. The number of fused-ring (bicyclic) bond motifs is 1. The van der Waals surface area contributed by atoms with Crippen molar-refractivity contribution in [2.75, 3.05) is 21.3 Å². The summed E-state index contributed by atoms with van der Waals surface area (Å²) < 4.78 is 17.5. The first-order valence-corrected chi connectivity index (χ1v) is 7.52. The molecule has 0 radical (unpaired) electrons. The second-order valence-corrected chi connectivity index (χ2v) is 5.37. The molecule has 0 saturated carbocycles. The van der Waals surface area contributed by atoms with Crippen molar-refractivity contribution >= 4 is 16.9 Å². The first-order valence-electron chi connectivity index (χ1n) is 7.52. The van der Waals surface area contributed by atoms with E-state index in [1.165, 1.54) is 7.11 Å². The molecular formula is C19H19NO4. The van der Waals surface area contributed by atoms with Gasteiger partial charge in [0.25, 0.3) is 0 Å². The Labute approximate surface area is 140 Å². The van der Waals surface area contributed by atoms with Crippen LogP contribution in [0.2, 0.25) is 0 Å². The van der Waals surface area contributed by atoms with E-state index in [-0.39, 0.29) is 5.97 Å². The highest BCUT2D eigenvalue weighted by molar-refractivity contribution is 6.06. The second-order valence-electron chi connectivity index (χ2n) is 5.37. The lowest BCUT2D eigenvalue weighted by atomic mass is 10.1. The molecule has 3 rings (SSSR count). The number of esters is 1. The summed E-state index contributed by atoms with van der Waals surface area (Å²) in [4.78, 5) is 12.3. The van der Waals surface area contributed by atoms with E-state index >= 15 is 0 Å². The number of nitrogens with zero attached hydrogens (tertiary/aromatic N) is 1. The minimum Gasteiger partial charge on any atom is -0.497 e. The van der Waals surface area contributed by atoms with Crippen LogP contribution in [0.5, 0.6) is 11.5 Å². The minimum atomic E-state index is -0.363. The van der Waals surface area contributed by atoms with E-state index in [0.29, 0.717) is 11.3 Å². The fraction of sp³-hybridized carbons (Fsp3) is 0.211. The van der Waals surface area contributed by atoms with E-state index in [1.54, 1.807) is 14.2 Å². The fourth-order valence-corrected chi connectivity index (χ4v) is 2.95. The van der Waals surface area contributed by atoms with Gasteiger partial charge in [-0.15, -0.1) is 0 Å². The molecule has 0 saturated heterocycles. The zero-order chi connectivity index (χ0) is 17.3. The van der Waals surface area contributed by atoms with Crippen molar-refractivity contribution in [3.8, 4) is 17.2 Å². The molecule has 0 fully saturated rings. The molecule has 5 heteroatoms. The molecule has 0 aliphatic carbocycles. The van der Waals surface area contributed by atoms with Crippen LogP contribution >= 0.6 is 0 Å². The van der Waals surface area contributed by atoms with Gasteiger partial charge in [0.15, 0.2) is 0 Å². The highest BCUT2D eigenvalue weighted by atomic mass is 16.5. The lowest BCUT2D eigenvalue weighted by molar-refractivity contribution is 0.0602. The average molecular weight is 325 g/mol. The molecule has 0 atom stereocenters. The van der Waals surface area contributed by atoms with E-state index < -0.39 is 0 Å². The van der Waals surface area contributed by atoms with Gasteiger partial charge in [-0.1, -0.05) is 0 Å². The topological polar surface area (TPSA) is 49.7 Å². The summed E-state index contributed by atoms with van der Waals surface area (Å²) in [6.45, 7) is 1.91. The van der Waals surface area contributed by atoms with Gasteiger partial charge in [-0.05, 0) is 49.4 Å². The second kappa shape index (κ2) is 6.28. The minimum absolute atomic E-state index is 0.363. The van der Waals surface area contributed by atoms with Gasteiger partial charge >= 0.3 is 5.97 Å². The molecule has 1 heterocycles. The largest absolute Gasteiger partial charge is 0.497 e. The third kappa shape index (κ3) is 2.48. The maximum absolute atomic E-state index is 12.3. The van der Waals surface area contributed by atoms with Crippen molar-refractivity contribution in [1.29, 1.82) is 0 Å². The number of rotatable bonds is 4. The Morgan fingerprint density at radius 2 is 1.54 bits per heavy atom. The van der Waals surface area contributed by atoms with Crippen molar-refractivity contribution in [3.63, 3.8) is 0 Å². The molecule has 5 nitrogen and oxygen atoms in total. The van der Waals surface area contributed by atoms with Crippen LogP contribution in [0.15, 0.2) is 42.5 Å². The van der Waals surface area contributed by atoms with Crippen LogP contribution in [0.25, 0.3) is 16.6 Å². The summed E-state index contributed by atoms with van der Waals surface area (Å²) in [6, 6.07) is 13.4. The molecule has 0 spiro atoms. The Morgan fingerprint density at radius 1 is 0.917 bits per heavy atom. The summed E-state index contributed by atoms with van der Waals surface area (Å²) in [5.74, 6) is 1.11. The highest BCUT2D eigenvalue weighted by Gasteiger charge is 2.21. The zero-order valence-corrected chi connectivity index (χ0v) is 14.1. The highest BCUT2D eigenvalue weighted by Crippen LogP contribution is 2.32. The van der Waals surface area contributed by atoms with Crippen LogP contribution in [-0.4, -0.2) is 31.9 Å². The monoisotopic (exact) mass is 325 g/mol. The van der Waals surface area contributed by atoms with Crippen LogP contribution < -0.4 is 9.47 Å². The van der Waals surface area contributed by atoms with Gasteiger partial charge in [-0.25, -0.2) is 4.79 Å². The molecule has 2 aromatic carbocycles. The van der Waals surface area contributed by atoms with Crippen LogP contribution in [-0.2, 0) is 4.74 Å². The Morgan fingerprint density at radius 3 is 2.12 bits per heavy atom. The predicted molar refractivity (Wildman–Crippen MR) is 92.5 cm³/mol. The van der Waals surface area contributed by atoms with E-state index in [4.69, 9.17) is 14.2 Å². The Balaban J connectivity index is 2.30. The smallest absolute Gasteiger partial charge is 0.340 e. The van der Waals surface area contributed by atoms with Crippen LogP contribution in [0.4, 0.5) is 0 Å². The summed E-state index contributed by atoms with van der Waals surface area (Å²) in [5, 5.41) is 0.800. The average Bonchev–Trinajstić information content (AvgIpc) is 2.92. The van der Waals surface area contributed by atoms with E-state index in [1.807, 2.05) is 54.0 Å². The standard InChI is InChI=1S/C19H19NO4/c1-12-18(19(21)24-4)16-11-15(23-3)9-10-17(16)20(12)13-5-7-14(22-2)8-6-13/h5-11H,1-4H3. The van der Waals surface area contributed by atoms with Gasteiger partial charge in [-0.3, -0.25) is 0 Å². The Hall–Kier alpha value is -2.95. The summed E-state index contributed by atoms with van der Waals surface area (Å²) in [6.07, 6.45) is 0. The fourth-order valence-electron chi connectivity index (χ4n) is 2.95. The number of benzene rings is 2. The number of aromatic nitrogens is 1. The maximum Gasteiger partial charge on any atom is 0.340 e. The third-order valence-corrected chi connectivity index (χ3v) is 4.13. The van der Waals surface area contributed by atoms with Gasteiger partial charge in [-0.2, -0.15) is 0 Å². The van der Waals surface area contributed by atoms with Crippen LogP contribution in [0, 0.1) is 6.92 Å². The van der Waals surface area contributed by atoms with E-state index in [2.05, 4.69) is 0 Å². The number of methoxy groups -OCH3 is 3. The van der Waals surface area contributed by atoms with Gasteiger partial charge in [0.2, 0.25) is 0 Å². The molecule has 0 aliphatic heterocycles. The van der Waals surface area contributed by atoms with Gasteiger partial charge in [0, 0.05) is 16.8 Å². The molecule has 0 unspecified atom stereocenters. The summed E-state index contributed by atoms with van der Waals surface area (Å²) in [7, 11) is 4.62. The Bertz CT molecular complexity index is 894. The molecule has 0 N–H and O–H groups in total. The molecular weight excluding hydrogens is 306 g/mol. The van der Waals surface area contributed by atoms with Crippen molar-refractivity contribution in [3.05, 3.63) is 53.7 Å². The quantitative estimate of drug-likeness (QED) is 0.686. The number of carbonyl (C=O) groups excluding carboxylic acids is 1. The van der Waals surface area contributed by atoms with Gasteiger partial charge in [0.1, 0.15) is 11.5 Å². The third-order valence-electron chi connectivity index (χ3n) is 4.13. The normalized spacial score (nSPS) is 10.7. The number of hydrogen-bond donors (Lipinski definition) is 0. The van der Waals surface area contributed by atoms with Crippen LogP contribution in [0.3, 0.4) is 0 Å². The van der Waals surface area contributed by atoms with Gasteiger partial charge < -0.3 is 18.8 Å². The lowest BCUT2D eigenvalue weighted by Crippen LogP contribution is -2.04. The molecule has 0 bridgehead atoms. The predicted octanol–water partition coefficient (Wildman–Crippen LogP) is 3.74. The molecule has 24 heavy (non-hydrogen) atoms. The van der Waals surface area contributed by atoms with E-state index in [0.717, 1.165) is 28.0 Å². The van der Waals surface area contributed by atoms with Crippen LogP contribution in [0.1, 0.15) is 16.1 Å². The van der Waals surface area contributed by atoms with Crippen molar-refractivity contribution in [2.45, 2.75) is 6.92 Å². The zero-order valence-electron chi connectivity index (χ0n) is 14.1. The first kappa shape index (κ1) is 15.9. The number of carbonyl (C=O) groups is 1. The molecule has 3 aromatic rings. The van der Waals surface area contributed by atoms with Crippen molar-refractivity contribution < 1.29 is 19.0 Å². The summed E-state index contributed by atoms with van der Waals surface area (Å²) >= 11 is 0. The first-order chi connectivity index (χ1) is 11.6. The number of ether oxygens (including phenoxy) is 3.